The van der Waals surface area contributed by atoms with Gasteiger partial charge < -0.3 is 19.9 Å². The lowest BCUT2D eigenvalue weighted by atomic mass is 10.1. The molecule has 174 valence electrons. The Kier molecular flexibility index (Phi) is 7.02. The Labute approximate surface area is 187 Å². The van der Waals surface area contributed by atoms with Gasteiger partial charge in [-0.3, -0.25) is 14.9 Å². The van der Waals surface area contributed by atoms with Crippen molar-refractivity contribution in [3.63, 3.8) is 0 Å². The molecule has 11 heteroatoms. The first-order valence-electron chi connectivity index (χ1n) is 9.81. The Morgan fingerprint density at radius 1 is 1.15 bits per heavy atom. The molecular weight excluding hydrogens is 441 g/mol. The van der Waals surface area contributed by atoms with Crippen LogP contribution in [0.4, 0.5) is 18.9 Å². The fourth-order valence-electron chi connectivity index (χ4n) is 3.19. The number of nitro benzene ring substituents is 1. The third-order valence-corrected chi connectivity index (χ3v) is 4.66. The maximum absolute atomic E-state index is 12.9. The second-order valence-corrected chi connectivity index (χ2v) is 7.38. The number of rotatable bonds is 8. The zero-order chi connectivity index (χ0) is 24.2. The average molecular weight is 462 g/mol. The van der Waals surface area contributed by atoms with Gasteiger partial charge in [-0.15, -0.1) is 13.2 Å². The van der Waals surface area contributed by atoms with Gasteiger partial charge in [-0.05, 0) is 38.4 Å². The monoisotopic (exact) mass is 462 g/mol. The van der Waals surface area contributed by atoms with E-state index in [0.717, 1.165) is 12.1 Å². The lowest BCUT2D eigenvalue weighted by Gasteiger charge is -2.10. The number of aromatic nitrogens is 1. The van der Waals surface area contributed by atoms with E-state index >= 15 is 0 Å². The first-order chi connectivity index (χ1) is 15.5. The number of hydrogen-bond acceptors (Lipinski definition) is 5. The first-order valence-corrected chi connectivity index (χ1v) is 9.81. The molecule has 0 bridgehead atoms. The van der Waals surface area contributed by atoms with Gasteiger partial charge in [0.2, 0.25) is 0 Å². The van der Waals surface area contributed by atoms with Gasteiger partial charge in [0.15, 0.2) is 0 Å². The molecule has 2 aromatic carbocycles. The highest BCUT2D eigenvalue weighted by molar-refractivity contribution is 6.02. The molecule has 0 aliphatic carbocycles. The molecule has 2 N–H and O–H groups in total. The molecule has 8 nitrogen and oxygen atoms in total. The Morgan fingerprint density at radius 3 is 2.55 bits per heavy atom. The topological polar surface area (TPSA) is 100 Å². The van der Waals surface area contributed by atoms with E-state index in [9.17, 15) is 28.1 Å². The summed E-state index contributed by atoms with van der Waals surface area (Å²) < 4.78 is 41.8. The zero-order valence-corrected chi connectivity index (χ0v) is 17.8. The van der Waals surface area contributed by atoms with Crippen LogP contribution in [0.3, 0.4) is 0 Å². The number of ether oxygens (including phenoxy) is 1. The molecule has 0 radical (unpaired) electrons. The van der Waals surface area contributed by atoms with Crippen LogP contribution in [0.15, 0.2) is 54.6 Å². The van der Waals surface area contributed by atoms with Gasteiger partial charge in [-0.2, -0.15) is 0 Å². The summed E-state index contributed by atoms with van der Waals surface area (Å²) in [5, 5.41) is 14.3. The number of halogens is 3. The molecule has 0 aliphatic heterocycles. The summed E-state index contributed by atoms with van der Waals surface area (Å²) in [7, 11) is 3.69. The predicted molar refractivity (Wildman–Crippen MR) is 116 cm³/mol. The number of aromatic amines is 1. The number of alkyl halides is 3. The van der Waals surface area contributed by atoms with Crippen molar-refractivity contribution in [3.8, 4) is 28.3 Å². The van der Waals surface area contributed by atoms with Crippen molar-refractivity contribution in [2.24, 2.45) is 0 Å². The van der Waals surface area contributed by atoms with Crippen LogP contribution in [0.25, 0.3) is 22.5 Å². The van der Waals surface area contributed by atoms with Crippen molar-refractivity contribution >= 4 is 11.6 Å². The molecule has 0 spiro atoms. The fraction of sp³-hybridized carbons (Fsp3) is 0.227. The lowest BCUT2D eigenvalue weighted by Crippen LogP contribution is -2.31. The van der Waals surface area contributed by atoms with Gasteiger partial charge in [0.05, 0.1) is 21.7 Å². The van der Waals surface area contributed by atoms with Crippen LogP contribution in [0, 0.1) is 10.1 Å². The Balaban J connectivity index is 2.07. The first kappa shape index (κ1) is 23.8. The predicted octanol–water partition coefficient (Wildman–Crippen LogP) is 4.45. The number of para-hydroxylation sites is 1. The lowest BCUT2D eigenvalue weighted by molar-refractivity contribution is -0.384. The van der Waals surface area contributed by atoms with Crippen LogP contribution in [-0.4, -0.2) is 54.3 Å². The van der Waals surface area contributed by atoms with Gasteiger partial charge in [0.25, 0.3) is 11.6 Å². The molecule has 1 aromatic heterocycles. The minimum Gasteiger partial charge on any atom is -0.406 e. The van der Waals surface area contributed by atoms with Gasteiger partial charge >= 0.3 is 6.36 Å². The number of H-pyrrole nitrogens is 1. The van der Waals surface area contributed by atoms with E-state index in [0.29, 0.717) is 24.3 Å². The number of carbonyl (C=O) groups is 1. The molecule has 0 aliphatic rings. The van der Waals surface area contributed by atoms with E-state index in [1.807, 2.05) is 19.0 Å². The van der Waals surface area contributed by atoms with Crippen LogP contribution in [0.1, 0.15) is 10.4 Å². The molecule has 0 saturated heterocycles. The summed E-state index contributed by atoms with van der Waals surface area (Å²) >= 11 is 0. The molecular formula is C22H21F3N4O4. The summed E-state index contributed by atoms with van der Waals surface area (Å²) in [5.74, 6) is -0.908. The molecule has 3 aromatic rings. The molecule has 3 rings (SSSR count). The van der Waals surface area contributed by atoms with Crippen LogP contribution < -0.4 is 10.1 Å². The fourth-order valence-corrected chi connectivity index (χ4v) is 3.19. The largest absolute Gasteiger partial charge is 0.573 e. The average Bonchev–Trinajstić information content (AvgIpc) is 3.18. The third-order valence-electron chi connectivity index (χ3n) is 4.66. The normalized spacial score (nSPS) is 11.5. The molecule has 1 amide bonds. The van der Waals surface area contributed by atoms with Gasteiger partial charge in [-0.25, -0.2) is 0 Å². The Morgan fingerprint density at radius 2 is 1.88 bits per heavy atom. The maximum atomic E-state index is 12.9. The number of nitro groups is 1. The summed E-state index contributed by atoms with van der Waals surface area (Å²) in [4.78, 5) is 28.7. The number of hydrogen-bond donors (Lipinski definition) is 2. The van der Waals surface area contributed by atoms with Gasteiger partial charge in [0, 0.05) is 30.4 Å². The quantitative estimate of drug-likeness (QED) is 0.381. The molecule has 33 heavy (non-hydrogen) atoms. The third kappa shape index (κ3) is 6.10. The molecule has 0 atom stereocenters. The van der Waals surface area contributed by atoms with Crippen molar-refractivity contribution in [1.82, 2.24) is 15.2 Å². The van der Waals surface area contributed by atoms with Crippen molar-refractivity contribution in [2.75, 3.05) is 27.2 Å². The van der Waals surface area contributed by atoms with E-state index in [1.165, 1.54) is 36.4 Å². The number of likely N-dealkylation sites (N-methyl/N-ethyl adjacent to an activating group) is 1. The van der Waals surface area contributed by atoms with E-state index in [4.69, 9.17) is 0 Å². The number of nitrogens with one attached hydrogen (secondary N) is 2. The number of benzene rings is 2. The van der Waals surface area contributed by atoms with E-state index < -0.39 is 22.9 Å². The van der Waals surface area contributed by atoms with E-state index in [-0.39, 0.29) is 22.5 Å². The second-order valence-electron chi connectivity index (χ2n) is 7.38. The zero-order valence-electron chi connectivity index (χ0n) is 17.8. The summed E-state index contributed by atoms with van der Waals surface area (Å²) in [6.45, 7) is 0.901. The second kappa shape index (κ2) is 9.74. The SMILES string of the molecule is CN(C)CCNC(=O)c1cc(-c2cccc(OC(F)(F)F)c2)[nH]c1-c1ccccc1[N+](=O)[O-]. The van der Waals surface area contributed by atoms with Crippen molar-refractivity contribution < 1.29 is 27.6 Å². The minimum atomic E-state index is -4.86. The molecule has 0 saturated carbocycles. The summed E-state index contributed by atoms with van der Waals surface area (Å²) in [6, 6.07) is 12.6. The van der Waals surface area contributed by atoms with Crippen LogP contribution in [0.5, 0.6) is 5.75 Å². The van der Waals surface area contributed by atoms with Crippen molar-refractivity contribution in [1.29, 1.82) is 0 Å². The summed E-state index contributed by atoms with van der Waals surface area (Å²) in [5.41, 5.74) is 0.871. The molecule has 0 unspecified atom stereocenters. The minimum absolute atomic E-state index is 0.125. The number of amides is 1. The van der Waals surface area contributed by atoms with Crippen molar-refractivity contribution in [2.45, 2.75) is 6.36 Å². The highest BCUT2D eigenvalue weighted by atomic mass is 19.4. The van der Waals surface area contributed by atoms with Crippen molar-refractivity contribution in [3.05, 3.63) is 70.3 Å². The number of nitrogens with zero attached hydrogens (tertiary/aromatic N) is 2. The smallest absolute Gasteiger partial charge is 0.406 e. The molecule has 1 heterocycles. The Hall–Kier alpha value is -3.86. The van der Waals surface area contributed by atoms with Crippen LogP contribution in [0.2, 0.25) is 0 Å². The van der Waals surface area contributed by atoms with Gasteiger partial charge in [0.1, 0.15) is 5.75 Å². The standard InChI is InChI=1S/C22H21F3N4O4/c1-28(2)11-10-26-21(30)17-13-18(14-6-5-7-15(12-14)33-22(23,24)25)27-20(17)16-8-3-4-9-19(16)29(31)32/h3-9,12-13,27H,10-11H2,1-2H3,(H,26,30). The molecule has 0 fully saturated rings. The van der Waals surface area contributed by atoms with Gasteiger partial charge in [-0.1, -0.05) is 24.3 Å². The van der Waals surface area contributed by atoms with E-state index in [2.05, 4.69) is 15.0 Å². The van der Waals surface area contributed by atoms with Crippen LogP contribution in [-0.2, 0) is 0 Å². The summed E-state index contributed by atoms with van der Waals surface area (Å²) in [6.07, 6.45) is -4.86. The number of carbonyl (C=O) groups excluding carboxylic acids is 1. The van der Waals surface area contributed by atoms with E-state index in [1.54, 1.807) is 6.07 Å². The highest BCUT2D eigenvalue weighted by Crippen LogP contribution is 2.35. The van der Waals surface area contributed by atoms with Crippen LogP contribution >= 0.6 is 0 Å². The maximum Gasteiger partial charge on any atom is 0.573 e. The highest BCUT2D eigenvalue weighted by Gasteiger charge is 2.31. The Bertz CT molecular complexity index is 1160.